The Bertz CT molecular complexity index is 1420. The number of nitrogens with zero attached hydrogens (tertiary/aromatic N) is 4. The van der Waals surface area contributed by atoms with E-state index in [1.807, 2.05) is 45.3 Å². The summed E-state index contributed by atoms with van der Waals surface area (Å²) in [6.45, 7) is 6.47. The summed E-state index contributed by atoms with van der Waals surface area (Å²) in [6, 6.07) is 8.25. The number of allylic oxidation sites excluding steroid dienone is 4. The Kier molecular flexibility index (Phi) is 8.42. The highest BCUT2D eigenvalue weighted by molar-refractivity contribution is 5.95. The van der Waals surface area contributed by atoms with Crippen molar-refractivity contribution in [2.45, 2.75) is 32.4 Å². The highest BCUT2D eigenvalue weighted by Gasteiger charge is 2.32. The Balaban J connectivity index is 1.64. The zero-order chi connectivity index (χ0) is 28.3. The van der Waals surface area contributed by atoms with Crippen molar-refractivity contribution in [3.63, 3.8) is 0 Å². The summed E-state index contributed by atoms with van der Waals surface area (Å²) in [7, 11) is 4.05. The molecule has 0 spiro atoms. The smallest absolute Gasteiger partial charge is 0.378 e. The minimum Gasteiger partial charge on any atom is -0.378 e. The van der Waals surface area contributed by atoms with Crippen LogP contribution in [0.3, 0.4) is 0 Å². The van der Waals surface area contributed by atoms with E-state index in [0.29, 0.717) is 36.7 Å². The van der Waals surface area contributed by atoms with Gasteiger partial charge in [0.15, 0.2) is 5.82 Å². The van der Waals surface area contributed by atoms with E-state index in [-0.39, 0.29) is 5.82 Å². The quantitative estimate of drug-likeness (QED) is 0.320. The normalized spacial score (nSPS) is 16.1. The molecule has 40 heavy (non-hydrogen) atoms. The molecule has 212 valence electrons. The summed E-state index contributed by atoms with van der Waals surface area (Å²) in [5, 5.41) is 4.30. The van der Waals surface area contributed by atoms with Crippen molar-refractivity contribution < 1.29 is 17.9 Å². The van der Waals surface area contributed by atoms with Crippen molar-refractivity contribution in [1.29, 1.82) is 0 Å². The number of anilines is 2. The molecule has 1 aliphatic carbocycles. The Labute approximate surface area is 233 Å². The van der Waals surface area contributed by atoms with Gasteiger partial charge in [0.1, 0.15) is 5.82 Å². The topological polar surface area (TPSA) is 53.5 Å². The van der Waals surface area contributed by atoms with Crippen LogP contribution in [0.2, 0.25) is 0 Å². The summed E-state index contributed by atoms with van der Waals surface area (Å²) >= 11 is 0. The molecule has 0 atom stereocenters. The summed E-state index contributed by atoms with van der Waals surface area (Å²) in [4.78, 5) is 14.1. The van der Waals surface area contributed by atoms with Gasteiger partial charge in [-0.05, 0) is 93.9 Å². The third-order valence-corrected chi connectivity index (χ3v) is 7.37. The first kappa shape index (κ1) is 28.1. The van der Waals surface area contributed by atoms with Crippen molar-refractivity contribution in [2.24, 2.45) is 0 Å². The molecule has 1 fully saturated rings. The van der Waals surface area contributed by atoms with Crippen LogP contribution in [0, 0.1) is 6.92 Å². The van der Waals surface area contributed by atoms with Gasteiger partial charge in [-0.2, -0.15) is 13.2 Å². The first-order valence-electron chi connectivity index (χ1n) is 13.8. The number of morpholine rings is 1. The van der Waals surface area contributed by atoms with E-state index in [1.165, 1.54) is 6.07 Å². The van der Waals surface area contributed by atoms with E-state index < -0.39 is 11.7 Å². The number of benzene rings is 2. The molecule has 1 aliphatic heterocycles. The first-order valence-corrected chi connectivity index (χ1v) is 13.8. The Morgan fingerprint density at radius 2 is 1.80 bits per heavy atom. The van der Waals surface area contributed by atoms with Gasteiger partial charge in [-0.15, -0.1) is 0 Å². The van der Waals surface area contributed by atoms with Gasteiger partial charge in [0, 0.05) is 36.3 Å². The van der Waals surface area contributed by atoms with Crippen LogP contribution in [0.25, 0.3) is 27.9 Å². The van der Waals surface area contributed by atoms with Crippen molar-refractivity contribution in [2.75, 3.05) is 63.7 Å². The zero-order valence-electron chi connectivity index (χ0n) is 23.3. The second kappa shape index (κ2) is 12.0. The van der Waals surface area contributed by atoms with E-state index in [0.717, 1.165) is 72.7 Å². The molecule has 5 rings (SSSR count). The molecular formula is C31H36F3N5O. The van der Waals surface area contributed by atoms with Crippen molar-refractivity contribution in [3.8, 4) is 11.4 Å². The SMILES string of the molecule is Cc1c(N2CCOCC2)ccc2c(NCCCN(C)C)nc(-c3cc(C4=CCCC=C4)cc(C(F)(F)F)c3)nc12. The monoisotopic (exact) mass is 551 g/mol. The highest BCUT2D eigenvalue weighted by Crippen LogP contribution is 2.37. The van der Waals surface area contributed by atoms with Gasteiger partial charge in [-0.3, -0.25) is 0 Å². The van der Waals surface area contributed by atoms with Crippen molar-refractivity contribution in [3.05, 3.63) is 65.3 Å². The average Bonchev–Trinajstić information content (AvgIpc) is 2.95. The van der Waals surface area contributed by atoms with E-state index in [2.05, 4.69) is 21.2 Å². The summed E-state index contributed by atoms with van der Waals surface area (Å²) in [5.41, 5.74) is 3.71. The van der Waals surface area contributed by atoms with Gasteiger partial charge < -0.3 is 19.9 Å². The van der Waals surface area contributed by atoms with Crippen molar-refractivity contribution in [1.82, 2.24) is 14.9 Å². The third kappa shape index (κ3) is 6.31. The lowest BCUT2D eigenvalue weighted by Gasteiger charge is -2.30. The second-order valence-corrected chi connectivity index (χ2v) is 10.6. The van der Waals surface area contributed by atoms with Crippen LogP contribution in [0.15, 0.2) is 48.6 Å². The number of rotatable bonds is 8. The van der Waals surface area contributed by atoms with Crippen LogP contribution in [0.1, 0.15) is 36.0 Å². The molecule has 6 nitrogen and oxygen atoms in total. The maximum absolute atomic E-state index is 14.0. The molecule has 0 saturated carbocycles. The maximum atomic E-state index is 14.0. The van der Waals surface area contributed by atoms with Crippen LogP contribution in [0.4, 0.5) is 24.7 Å². The fraction of sp³-hybridized carbons (Fsp3) is 0.419. The molecular weight excluding hydrogens is 515 g/mol. The highest BCUT2D eigenvalue weighted by atomic mass is 19.4. The molecule has 2 aromatic carbocycles. The zero-order valence-corrected chi connectivity index (χ0v) is 23.3. The predicted octanol–water partition coefficient (Wildman–Crippen LogP) is 6.56. The standard InChI is InChI=1S/C31H36F3N5O/c1-21-27(39-14-16-40-17-15-39)11-10-26-28(21)36-29(37-30(26)35-12-7-13-38(2)3)24-18-23(22-8-5-4-6-9-22)19-25(20-24)31(32,33)34/h5,8-11,18-20H,4,6-7,12-17H2,1-3H3,(H,35,36,37). The van der Waals surface area contributed by atoms with E-state index >= 15 is 0 Å². The Morgan fingerprint density at radius 1 is 1.02 bits per heavy atom. The second-order valence-electron chi connectivity index (χ2n) is 10.6. The van der Waals surface area contributed by atoms with E-state index in [9.17, 15) is 13.2 Å². The molecule has 3 aromatic rings. The van der Waals surface area contributed by atoms with Crippen LogP contribution >= 0.6 is 0 Å². The number of fused-ring (bicyclic) bond motifs is 1. The minimum absolute atomic E-state index is 0.276. The first-order chi connectivity index (χ1) is 19.2. The van der Waals surface area contributed by atoms with Crippen LogP contribution in [-0.2, 0) is 10.9 Å². The number of aryl methyl sites for hydroxylation is 1. The Hall–Kier alpha value is -3.43. The van der Waals surface area contributed by atoms with E-state index in [4.69, 9.17) is 14.7 Å². The molecule has 9 heteroatoms. The number of aromatic nitrogens is 2. The van der Waals surface area contributed by atoms with E-state index in [1.54, 1.807) is 6.07 Å². The molecule has 0 bridgehead atoms. The number of alkyl halides is 3. The number of halogens is 3. The van der Waals surface area contributed by atoms with Gasteiger partial charge in [0.25, 0.3) is 0 Å². The minimum atomic E-state index is -4.49. The lowest BCUT2D eigenvalue weighted by Crippen LogP contribution is -2.36. The lowest BCUT2D eigenvalue weighted by molar-refractivity contribution is -0.137. The average molecular weight is 552 g/mol. The largest absolute Gasteiger partial charge is 0.416 e. The van der Waals surface area contributed by atoms with Crippen molar-refractivity contribution >= 4 is 28.0 Å². The molecule has 0 unspecified atom stereocenters. The fourth-order valence-corrected chi connectivity index (χ4v) is 5.25. The number of ether oxygens (including phenoxy) is 1. The molecule has 1 aromatic heterocycles. The number of hydrogen-bond donors (Lipinski definition) is 1. The fourth-order valence-electron chi connectivity index (χ4n) is 5.25. The third-order valence-electron chi connectivity index (χ3n) is 7.37. The summed E-state index contributed by atoms with van der Waals surface area (Å²) < 4.78 is 47.7. The van der Waals surface area contributed by atoms with Gasteiger partial charge in [0.05, 0.1) is 24.3 Å². The predicted molar refractivity (Wildman–Crippen MR) is 156 cm³/mol. The molecule has 1 saturated heterocycles. The maximum Gasteiger partial charge on any atom is 0.416 e. The molecule has 0 radical (unpaired) electrons. The van der Waals surface area contributed by atoms with Gasteiger partial charge in [0.2, 0.25) is 0 Å². The molecule has 2 heterocycles. The molecule has 2 aliphatic rings. The Morgan fingerprint density at radius 3 is 2.50 bits per heavy atom. The number of nitrogens with one attached hydrogen (secondary N) is 1. The van der Waals surface area contributed by atoms with Gasteiger partial charge >= 0.3 is 6.18 Å². The van der Waals surface area contributed by atoms with Crippen LogP contribution in [0.5, 0.6) is 0 Å². The van der Waals surface area contributed by atoms with Crippen LogP contribution in [-0.4, -0.2) is 68.4 Å². The lowest BCUT2D eigenvalue weighted by atomic mass is 9.95. The number of hydrogen-bond acceptors (Lipinski definition) is 6. The van der Waals surface area contributed by atoms with Crippen LogP contribution < -0.4 is 10.2 Å². The summed E-state index contributed by atoms with van der Waals surface area (Å²) in [6.07, 6.45) is 3.96. The van der Waals surface area contributed by atoms with Gasteiger partial charge in [-0.25, -0.2) is 9.97 Å². The van der Waals surface area contributed by atoms with Gasteiger partial charge in [-0.1, -0.05) is 18.2 Å². The molecule has 0 amide bonds. The summed E-state index contributed by atoms with van der Waals surface area (Å²) in [5.74, 6) is 0.906. The molecule has 1 N–H and O–H groups in total.